The molecule has 5 aromatic rings. The van der Waals surface area contributed by atoms with Crippen LogP contribution in [0.5, 0.6) is 11.5 Å². The summed E-state index contributed by atoms with van der Waals surface area (Å²) in [5, 5.41) is 9.92. The predicted molar refractivity (Wildman–Crippen MR) is 124 cm³/mol. The Labute approximate surface area is 191 Å². The lowest BCUT2D eigenvalue weighted by Crippen LogP contribution is -2.22. The van der Waals surface area contributed by atoms with E-state index in [9.17, 15) is 4.79 Å². The second kappa shape index (κ2) is 7.79. The zero-order valence-electron chi connectivity index (χ0n) is 17.4. The maximum Gasteiger partial charge on any atom is 0.279 e. The molecule has 0 radical (unpaired) electrons. The number of ether oxygens (including phenoxy) is 2. The topological polar surface area (TPSA) is 92.3 Å². The lowest BCUT2D eigenvalue weighted by Gasteiger charge is -2.10. The van der Waals surface area contributed by atoms with Crippen molar-refractivity contribution in [2.24, 2.45) is 0 Å². The highest BCUT2D eigenvalue weighted by molar-refractivity contribution is 7.98. The van der Waals surface area contributed by atoms with Gasteiger partial charge in [-0.25, -0.2) is 0 Å². The minimum Gasteiger partial charge on any atom is -0.454 e. The first-order valence-electron chi connectivity index (χ1n) is 10.1. The molecule has 0 saturated carbocycles. The summed E-state index contributed by atoms with van der Waals surface area (Å²) in [4.78, 5) is 18.8. The summed E-state index contributed by atoms with van der Waals surface area (Å²) in [6.45, 7) is 0.186. The number of hydrogen-bond acceptors (Lipinski definition) is 8. The number of aromatic nitrogens is 4. The molecule has 33 heavy (non-hydrogen) atoms. The summed E-state index contributed by atoms with van der Waals surface area (Å²) < 4.78 is 17.8. The monoisotopic (exact) mass is 456 g/mol. The van der Waals surface area contributed by atoms with Crippen molar-refractivity contribution in [3.63, 3.8) is 0 Å². The summed E-state index contributed by atoms with van der Waals surface area (Å²) >= 11 is 1.59. The number of nitrogens with zero attached hydrogens (tertiary/aromatic N) is 4. The molecule has 0 spiro atoms. The lowest BCUT2D eigenvalue weighted by atomic mass is 10.1. The molecule has 1 aliphatic rings. The van der Waals surface area contributed by atoms with Crippen LogP contribution in [0.2, 0.25) is 0 Å². The van der Waals surface area contributed by atoms with Crippen molar-refractivity contribution >= 4 is 22.5 Å². The summed E-state index contributed by atoms with van der Waals surface area (Å²) in [7, 11) is 0. The Balaban J connectivity index is 1.51. The van der Waals surface area contributed by atoms with Crippen LogP contribution < -0.4 is 15.0 Å². The molecule has 0 aliphatic carbocycles. The number of hydrogen-bond donors (Lipinski definition) is 0. The van der Waals surface area contributed by atoms with Crippen LogP contribution in [0.4, 0.5) is 0 Å². The smallest absolute Gasteiger partial charge is 0.279 e. The van der Waals surface area contributed by atoms with E-state index in [1.54, 1.807) is 30.0 Å². The van der Waals surface area contributed by atoms with Crippen molar-refractivity contribution in [1.29, 1.82) is 0 Å². The van der Waals surface area contributed by atoms with Crippen LogP contribution in [0, 0.1) is 0 Å². The molecule has 6 rings (SSSR count). The highest BCUT2D eigenvalue weighted by atomic mass is 32.2. The second-order valence-corrected chi connectivity index (χ2v) is 8.18. The molecular formula is C24H16N4O4S. The standard InChI is InChI=1S/C24H16N4O4S/c1-33-16-6-4-5-15(12-16)28-24(29)18-8-3-2-7-17(18)21(26-28)23-25-22(27-32-23)14-9-10-19-20(11-14)31-13-30-19/h2-12H,13H2,1H3. The Morgan fingerprint density at radius 2 is 1.79 bits per heavy atom. The van der Waals surface area contributed by atoms with E-state index in [-0.39, 0.29) is 18.2 Å². The fourth-order valence-electron chi connectivity index (χ4n) is 3.74. The third-order valence-electron chi connectivity index (χ3n) is 5.36. The average molecular weight is 456 g/mol. The molecule has 3 heterocycles. The third-order valence-corrected chi connectivity index (χ3v) is 6.09. The van der Waals surface area contributed by atoms with Crippen molar-refractivity contribution in [3.05, 3.63) is 77.1 Å². The van der Waals surface area contributed by atoms with Crippen LogP contribution in [-0.2, 0) is 0 Å². The zero-order valence-corrected chi connectivity index (χ0v) is 18.2. The molecular weight excluding hydrogens is 440 g/mol. The quantitative estimate of drug-likeness (QED) is 0.364. The number of benzene rings is 3. The molecule has 3 aromatic carbocycles. The Hall–Kier alpha value is -4.11. The van der Waals surface area contributed by atoms with Gasteiger partial charge in [0.2, 0.25) is 12.6 Å². The van der Waals surface area contributed by atoms with E-state index in [1.165, 1.54) is 4.68 Å². The zero-order chi connectivity index (χ0) is 22.4. The molecule has 0 atom stereocenters. The van der Waals surface area contributed by atoms with Gasteiger partial charge in [-0.3, -0.25) is 4.79 Å². The van der Waals surface area contributed by atoms with Gasteiger partial charge in [-0.1, -0.05) is 29.4 Å². The summed E-state index contributed by atoms with van der Waals surface area (Å²) in [6.07, 6.45) is 1.98. The number of thioether (sulfide) groups is 1. The second-order valence-electron chi connectivity index (χ2n) is 7.30. The van der Waals surface area contributed by atoms with E-state index in [4.69, 9.17) is 14.0 Å². The molecule has 0 fully saturated rings. The molecule has 0 saturated heterocycles. The molecule has 8 nitrogen and oxygen atoms in total. The van der Waals surface area contributed by atoms with Crippen molar-refractivity contribution in [2.75, 3.05) is 13.0 Å². The van der Waals surface area contributed by atoms with Crippen LogP contribution >= 0.6 is 11.8 Å². The van der Waals surface area contributed by atoms with Crippen LogP contribution in [0.1, 0.15) is 0 Å². The van der Waals surface area contributed by atoms with Crippen molar-refractivity contribution in [2.45, 2.75) is 4.90 Å². The van der Waals surface area contributed by atoms with Gasteiger partial charge in [0.15, 0.2) is 17.2 Å². The van der Waals surface area contributed by atoms with E-state index in [1.807, 2.05) is 54.8 Å². The van der Waals surface area contributed by atoms with Gasteiger partial charge in [-0.2, -0.15) is 14.8 Å². The fourth-order valence-corrected chi connectivity index (χ4v) is 4.19. The van der Waals surface area contributed by atoms with Gasteiger partial charge in [-0.05, 0) is 48.7 Å². The van der Waals surface area contributed by atoms with Gasteiger partial charge in [0.25, 0.3) is 11.4 Å². The van der Waals surface area contributed by atoms with E-state index in [0.29, 0.717) is 39.5 Å². The summed E-state index contributed by atoms with van der Waals surface area (Å²) in [5.74, 6) is 1.91. The maximum absolute atomic E-state index is 13.2. The van der Waals surface area contributed by atoms with E-state index >= 15 is 0 Å². The summed E-state index contributed by atoms with van der Waals surface area (Å²) in [6, 6.07) is 20.4. The highest BCUT2D eigenvalue weighted by Crippen LogP contribution is 2.36. The van der Waals surface area contributed by atoms with Gasteiger partial charge >= 0.3 is 0 Å². The highest BCUT2D eigenvalue weighted by Gasteiger charge is 2.21. The molecule has 1 aliphatic heterocycles. The van der Waals surface area contributed by atoms with Crippen molar-refractivity contribution in [3.8, 4) is 40.2 Å². The molecule has 2 aromatic heterocycles. The largest absolute Gasteiger partial charge is 0.454 e. The molecule has 9 heteroatoms. The van der Waals surface area contributed by atoms with E-state index in [2.05, 4.69) is 15.2 Å². The Morgan fingerprint density at radius 1 is 0.939 bits per heavy atom. The Bertz CT molecular complexity index is 1580. The van der Waals surface area contributed by atoms with Crippen molar-refractivity contribution in [1.82, 2.24) is 19.9 Å². The molecule has 0 unspecified atom stereocenters. The first-order valence-corrected chi connectivity index (χ1v) is 11.3. The maximum atomic E-state index is 13.2. The van der Waals surface area contributed by atoms with E-state index in [0.717, 1.165) is 10.5 Å². The van der Waals surface area contributed by atoms with Gasteiger partial charge in [0, 0.05) is 15.8 Å². The third kappa shape index (κ3) is 3.33. The van der Waals surface area contributed by atoms with Gasteiger partial charge in [0.1, 0.15) is 0 Å². The number of rotatable bonds is 4. The Morgan fingerprint density at radius 3 is 2.67 bits per heavy atom. The molecule has 0 N–H and O–H groups in total. The molecule has 162 valence electrons. The minimum atomic E-state index is -0.219. The van der Waals surface area contributed by atoms with Crippen LogP contribution in [-0.4, -0.2) is 33.0 Å². The van der Waals surface area contributed by atoms with E-state index < -0.39 is 0 Å². The summed E-state index contributed by atoms with van der Waals surface area (Å²) in [5.41, 5.74) is 1.59. The average Bonchev–Trinajstić information content (AvgIpc) is 3.54. The minimum absolute atomic E-state index is 0.186. The van der Waals surface area contributed by atoms with Crippen LogP contribution in [0.15, 0.2) is 80.9 Å². The van der Waals surface area contributed by atoms with Gasteiger partial charge in [0.05, 0.1) is 11.1 Å². The first-order chi connectivity index (χ1) is 16.2. The van der Waals surface area contributed by atoms with Crippen LogP contribution in [0.25, 0.3) is 39.4 Å². The predicted octanol–water partition coefficient (Wildman–Crippen LogP) is 4.55. The van der Waals surface area contributed by atoms with Crippen molar-refractivity contribution < 1.29 is 14.0 Å². The Kier molecular flexibility index (Phi) is 4.62. The number of fused-ring (bicyclic) bond motifs is 2. The van der Waals surface area contributed by atoms with Gasteiger partial charge in [-0.15, -0.1) is 11.8 Å². The lowest BCUT2D eigenvalue weighted by molar-refractivity contribution is 0.174. The molecule has 0 bridgehead atoms. The fraction of sp³-hybridized carbons (Fsp3) is 0.0833. The normalized spacial score (nSPS) is 12.4. The van der Waals surface area contributed by atoms with Gasteiger partial charge < -0.3 is 14.0 Å². The van der Waals surface area contributed by atoms with Crippen LogP contribution in [0.3, 0.4) is 0 Å². The first kappa shape index (κ1) is 19.6. The SMILES string of the molecule is CSc1cccc(-n2nc(-c3nc(-c4ccc5c(c4)OCO5)no3)c3ccccc3c2=O)c1. The molecule has 0 amide bonds.